The Bertz CT molecular complexity index is 1070. The Morgan fingerprint density at radius 2 is 1.97 bits per heavy atom. The lowest BCUT2D eigenvalue weighted by molar-refractivity contribution is 0.0999. The summed E-state index contributed by atoms with van der Waals surface area (Å²) in [4.78, 5) is 30.5. The van der Waals surface area contributed by atoms with Crippen molar-refractivity contribution in [2.24, 2.45) is 5.73 Å². The molecule has 0 atom stereocenters. The molecule has 0 spiro atoms. The van der Waals surface area contributed by atoms with Gasteiger partial charge in [-0.2, -0.15) is 5.26 Å². The van der Waals surface area contributed by atoms with Gasteiger partial charge in [0.05, 0.1) is 17.2 Å². The number of unbranched alkanes of at least 4 members (excludes halogenated alkanes) is 1. The van der Waals surface area contributed by atoms with Crippen LogP contribution in [0.2, 0.25) is 0 Å². The van der Waals surface area contributed by atoms with Crippen LogP contribution in [-0.2, 0) is 19.5 Å². The molecule has 3 heterocycles. The summed E-state index contributed by atoms with van der Waals surface area (Å²) >= 11 is 1.43. The minimum absolute atomic E-state index is 0.299. The highest BCUT2D eigenvalue weighted by Gasteiger charge is 2.27. The molecule has 8 nitrogen and oxygen atoms in total. The van der Waals surface area contributed by atoms with Gasteiger partial charge in [0.25, 0.3) is 5.91 Å². The number of nitrogens with two attached hydrogens (primary N) is 1. The first-order valence-corrected chi connectivity index (χ1v) is 12.8. The van der Waals surface area contributed by atoms with E-state index < -0.39 is 5.91 Å². The number of rotatable bonds is 9. The van der Waals surface area contributed by atoms with E-state index in [-0.39, 0.29) is 6.03 Å². The first-order chi connectivity index (χ1) is 16.5. The molecule has 0 aliphatic carbocycles. The lowest BCUT2D eigenvalue weighted by atomic mass is 10.0. The van der Waals surface area contributed by atoms with Crippen LogP contribution in [0.15, 0.2) is 24.3 Å². The topological polar surface area (TPSA) is 114 Å². The number of amides is 3. The zero-order chi connectivity index (χ0) is 23.9. The molecule has 1 saturated heterocycles. The Hall–Kier alpha value is -2.93. The summed E-state index contributed by atoms with van der Waals surface area (Å²) in [5.41, 5.74) is 8.81. The third-order valence-electron chi connectivity index (χ3n) is 6.46. The van der Waals surface area contributed by atoms with Crippen LogP contribution in [0.1, 0.15) is 57.6 Å². The summed E-state index contributed by atoms with van der Waals surface area (Å²) < 4.78 is 0. The first kappa shape index (κ1) is 24.2. The molecule has 0 bridgehead atoms. The molecule has 1 aromatic carbocycles. The summed E-state index contributed by atoms with van der Waals surface area (Å²) in [5.74, 6) is -0.506. The van der Waals surface area contributed by atoms with E-state index in [2.05, 4.69) is 26.5 Å². The van der Waals surface area contributed by atoms with Gasteiger partial charge in [-0.3, -0.25) is 15.0 Å². The number of nitrogens with zero attached hydrogens (tertiary/aromatic N) is 3. The maximum Gasteiger partial charge on any atom is 0.319 e. The largest absolute Gasteiger partial charge is 0.365 e. The highest BCUT2D eigenvalue weighted by atomic mass is 32.1. The van der Waals surface area contributed by atoms with Crippen molar-refractivity contribution < 1.29 is 9.59 Å². The zero-order valence-electron chi connectivity index (χ0n) is 19.4. The molecule has 2 aromatic rings. The van der Waals surface area contributed by atoms with Crippen LogP contribution in [0.4, 0.5) is 9.80 Å². The second-order valence-corrected chi connectivity index (χ2v) is 10.1. The van der Waals surface area contributed by atoms with Gasteiger partial charge in [0.2, 0.25) is 0 Å². The number of anilines is 1. The molecule has 2 aliphatic heterocycles. The smallest absolute Gasteiger partial charge is 0.319 e. The molecular weight excluding hydrogens is 448 g/mol. The van der Waals surface area contributed by atoms with Crippen molar-refractivity contribution in [3.8, 4) is 6.07 Å². The quantitative estimate of drug-likeness (QED) is 0.477. The Labute approximate surface area is 204 Å². The van der Waals surface area contributed by atoms with E-state index in [1.807, 2.05) is 18.2 Å². The third kappa shape index (κ3) is 6.14. The highest BCUT2D eigenvalue weighted by Crippen LogP contribution is 2.37. The summed E-state index contributed by atoms with van der Waals surface area (Å²) in [6.45, 7) is 6.25. The van der Waals surface area contributed by atoms with E-state index in [1.165, 1.54) is 37.3 Å². The van der Waals surface area contributed by atoms with E-state index in [0.717, 1.165) is 48.5 Å². The van der Waals surface area contributed by atoms with E-state index >= 15 is 0 Å². The monoisotopic (exact) mass is 480 g/mol. The number of primary amides is 1. The van der Waals surface area contributed by atoms with Gasteiger partial charge in [-0.25, -0.2) is 4.79 Å². The number of nitrogens with one attached hydrogen (secondary N) is 2. The standard InChI is InChI=1S/C25H32N6O2S/c26-15-18-6-5-7-19(14-18)16-31-13-8-20-21(17-31)34-24(22(20)23(27)32)29-25(33)28-9-1-2-10-30-11-3-4-12-30/h5-7,14H,1-4,8-13,16-17H2,(H2,27,32)(H2,28,29,33). The van der Waals surface area contributed by atoms with Crippen molar-refractivity contribution in [2.45, 2.75) is 45.2 Å². The van der Waals surface area contributed by atoms with Gasteiger partial charge in [0.15, 0.2) is 0 Å². The second-order valence-electron chi connectivity index (χ2n) is 8.98. The summed E-state index contributed by atoms with van der Waals surface area (Å²) in [6.07, 6.45) is 5.27. The maximum atomic E-state index is 12.5. The van der Waals surface area contributed by atoms with Crippen LogP contribution in [-0.4, -0.2) is 54.5 Å². The molecule has 1 fully saturated rings. The van der Waals surface area contributed by atoms with Crippen molar-refractivity contribution in [2.75, 3.05) is 38.0 Å². The fourth-order valence-electron chi connectivity index (χ4n) is 4.75. The molecule has 0 radical (unpaired) electrons. The van der Waals surface area contributed by atoms with Crippen molar-refractivity contribution in [1.29, 1.82) is 5.26 Å². The van der Waals surface area contributed by atoms with Gasteiger partial charge in [-0.1, -0.05) is 12.1 Å². The number of hydrogen-bond acceptors (Lipinski definition) is 6. The number of nitriles is 1. The van der Waals surface area contributed by atoms with Crippen LogP contribution in [0.25, 0.3) is 0 Å². The van der Waals surface area contributed by atoms with Crippen LogP contribution in [0.3, 0.4) is 0 Å². The average Bonchev–Trinajstić information content (AvgIpc) is 3.46. The first-order valence-electron chi connectivity index (χ1n) is 12.0. The average molecular weight is 481 g/mol. The number of hydrogen-bond donors (Lipinski definition) is 3. The minimum atomic E-state index is -0.506. The van der Waals surface area contributed by atoms with Crippen molar-refractivity contribution in [3.05, 3.63) is 51.4 Å². The predicted octanol–water partition coefficient (Wildman–Crippen LogP) is 3.27. The molecule has 9 heteroatoms. The Kier molecular flexibility index (Phi) is 8.16. The third-order valence-corrected chi connectivity index (χ3v) is 7.59. The summed E-state index contributed by atoms with van der Waals surface area (Å²) in [6, 6.07) is 9.49. The van der Waals surface area contributed by atoms with Gasteiger partial charge in [-0.15, -0.1) is 11.3 Å². The summed E-state index contributed by atoms with van der Waals surface area (Å²) in [7, 11) is 0. The van der Waals surface area contributed by atoms with Crippen LogP contribution in [0, 0.1) is 11.3 Å². The fourth-order valence-corrected chi connectivity index (χ4v) is 6.04. The number of benzene rings is 1. The summed E-state index contributed by atoms with van der Waals surface area (Å²) in [5, 5.41) is 15.4. The number of thiophene rings is 1. The SMILES string of the molecule is N#Cc1cccc(CN2CCc3c(sc(NC(=O)NCCCCN4CCCC4)c3C(N)=O)C2)c1. The van der Waals surface area contributed by atoms with Gasteiger partial charge >= 0.3 is 6.03 Å². The Morgan fingerprint density at radius 1 is 1.15 bits per heavy atom. The minimum Gasteiger partial charge on any atom is -0.365 e. The Balaban J connectivity index is 1.32. The molecule has 4 rings (SSSR count). The molecule has 180 valence electrons. The van der Waals surface area contributed by atoms with E-state index in [4.69, 9.17) is 11.0 Å². The van der Waals surface area contributed by atoms with E-state index in [1.54, 1.807) is 6.07 Å². The molecule has 4 N–H and O–H groups in total. The van der Waals surface area contributed by atoms with Crippen molar-refractivity contribution >= 4 is 28.3 Å². The van der Waals surface area contributed by atoms with Gasteiger partial charge in [-0.05, 0) is 75.0 Å². The Morgan fingerprint density at radius 3 is 2.74 bits per heavy atom. The van der Waals surface area contributed by atoms with E-state index in [0.29, 0.717) is 35.6 Å². The second kappa shape index (κ2) is 11.5. The number of carbonyl (C=O) groups excluding carboxylic acids is 2. The normalized spacial score (nSPS) is 16.1. The molecular formula is C25H32N6O2S. The predicted molar refractivity (Wildman–Crippen MR) is 134 cm³/mol. The lowest BCUT2D eigenvalue weighted by Crippen LogP contribution is -2.31. The van der Waals surface area contributed by atoms with Gasteiger partial charge in [0, 0.05) is 31.1 Å². The fraction of sp³-hybridized carbons (Fsp3) is 0.480. The number of urea groups is 1. The van der Waals surface area contributed by atoms with Crippen LogP contribution < -0.4 is 16.4 Å². The number of likely N-dealkylation sites (tertiary alicyclic amines) is 1. The van der Waals surface area contributed by atoms with Crippen LogP contribution in [0.5, 0.6) is 0 Å². The molecule has 3 amide bonds. The molecule has 1 aromatic heterocycles. The molecule has 0 unspecified atom stereocenters. The number of carbonyl (C=O) groups is 2. The highest BCUT2D eigenvalue weighted by molar-refractivity contribution is 7.17. The van der Waals surface area contributed by atoms with Crippen molar-refractivity contribution in [1.82, 2.24) is 15.1 Å². The maximum absolute atomic E-state index is 12.5. The lowest BCUT2D eigenvalue weighted by Gasteiger charge is -2.27. The molecule has 34 heavy (non-hydrogen) atoms. The van der Waals surface area contributed by atoms with E-state index in [9.17, 15) is 9.59 Å². The van der Waals surface area contributed by atoms with Gasteiger partial charge < -0.3 is 16.0 Å². The van der Waals surface area contributed by atoms with Gasteiger partial charge in [0.1, 0.15) is 5.00 Å². The number of fused-ring (bicyclic) bond motifs is 1. The molecule has 0 saturated carbocycles. The zero-order valence-corrected chi connectivity index (χ0v) is 20.3. The molecule has 2 aliphatic rings. The van der Waals surface area contributed by atoms with Crippen LogP contribution >= 0.6 is 11.3 Å². The van der Waals surface area contributed by atoms with Crippen molar-refractivity contribution in [3.63, 3.8) is 0 Å².